The molecule has 1 atom stereocenters. The second kappa shape index (κ2) is 6.91. The molecule has 0 bridgehead atoms. The Bertz CT molecular complexity index is 869. The van der Waals surface area contributed by atoms with Gasteiger partial charge in [-0.3, -0.25) is 4.79 Å². The molecule has 1 N–H and O–H groups in total. The van der Waals surface area contributed by atoms with Gasteiger partial charge in [0.2, 0.25) is 5.91 Å². The maximum atomic E-state index is 13.2. The van der Waals surface area contributed by atoms with E-state index in [4.69, 9.17) is 0 Å². The highest BCUT2D eigenvalue weighted by atomic mass is 79.9. The minimum atomic E-state index is -3.73. The van der Waals surface area contributed by atoms with E-state index in [0.717, 1.165) is 11.3 Å². The van der Waals surface area contributed by atoms with E-state index in [9.17, 15) is 17.6 Å². The molecule has 128 valence electrons. The number of nitrogens with one attached hydrogen (secondary N) is 1. The number of nitrogens with zero attached hydrogens (tertiary/aromatic N) is 1. The Balaban J connectivity index is 1.81. The van der Waals surface area contributed by atoms with E-state index >= 15 is 0 Å². The summed E-state index contributed by atoms with van der Waals surface area (Å²) in [5.41, 5.74) is 0.308. The third-order valence-corrected chi connectivity index (χ3v) is 7.71. The van der Waals surface area contributed by atoms with Crippen LogP contribution in [-0.4, -0.2) is 31.2 Å². The molecule has 1 unspecified atom stereocenters. The Morgan fingerprint density at radius 3 is 2.79 bits per heavy atom. The number of halogens is 2. The predicted molar refractivity (Wildman–Crippen MR) is 94.0 cm³/mol. The molecule has 0 radical (unpaired) electrons. The van der Waals surface area contributed by atoms with Gasteiger partial charge in [-0.15, -0.1) is 11.3 Å². The minimum Gasteiger partial charge on any atom is -0.325 e. The number of thiophene rings is 1. The summed E-state index contributed by atoms with van der Waals surface area (Å²) in [7, 11) is -3.73. The van der Waals surface area contributed by atoms with Crippen LogP contribution >= 0.6 is 27.3 Å². The number of sulfonamides is 1. The van der Waals surface area contributed by atoms with Crippen molar-refractivity contribution in [2.24, 2.45) is 0 Å². The van der Waals surface area contributed by atoms with Gasteiger partial charge in [0.1, 0.15) is 16.1 Å². The Kier molecular flexibility index (Phi) is 5.05. The van der Waals surface area contributed by atoms with Gasteiger partial charge in [0, 0.05) is 12.2 Å². The van der Waals surface area contributed by atoms with Gasteiger partial charge in [0.05, 0.1) is 3.79 Å². The highest BCUT2D eigenvalue weighted by Gasteiger charge is 2.40. The molecule has 0 saturated carbocycles. The molecule has 1 saturated heterocycles. The quantitative estimate of drug-likeness (QED) is 0.804. The molecular weight excluding hydrogens is 419 g/mol. The summed E-state index contributed by atoms with van der Waals surface area (Å²) < 4.78 is 40.8. The molecule has 1 aliphatic rings. The normalized spacial score (nSPS) is 18.7. The smallest absolute Gasteiger partial charge is 0.253 e. The fourth-order valence-corrected chi connectivity index (χ4v) is 6.43. The Hall–Kier alpha value is -1.29. The van der Waals surface area contributed by atoms with E-state index in [1.54, 1.807) is 12.1 Å². The van der Waals surface area contributed by atoms with Crippen molar-refractivity contribution in [3.63, 3.8) is 0 Å². The van der Waals surface area contributed by atoms with Crippen LogP contribution in [0.3, 0.4) is 0 Å². The topological polar surface area (TPSA) is 66.5 Å². The van der Waals surface area contributed by atoms with Gasteiger partial charge in [0.25, 0.3) is 10.0 Å². The minimum absolute atomic E-state index is 0.194. The van der Waals surface area contributed by atoms with Crippen molar-refractivity contribution in [2.45, 2.75) is 23.1 Å². The van der Waals surface area contributed by atoms with Gasteiger partial charge >= 0.3 is 0 Å². The standard InChI is InChI=1S/C15H14BrFN2O3S2/c16-13-6-7-14(23-13)24(21,22)19-8-2-5-12(19)15(20)18-11-4-1-3-10(17)9-11/h1,3-4,6-7,9,12H,2,5,8H2,(H,18,20). The number of hydrogen-bond acceptors (Lipinski definition) is 4. The van der Waals surface area contributed by atoms with Crippen molar-refractivity contribution in [1.29, 1.82) is 0 Å². The second-order valence-electron chi connectivity index (χ2n) is 5.33. The molecule has 2 aromatic rings. The molecular formula is C15H14BrFN2O3S2. The van der Waals surface area contributed by atoms with Crippen molar-refractivity contribution in [2.75, 3.05) is 11.9 Å². The zero-order valence-electron chi connectivity index (χ0n) is 12.4. The van der Waals surface area contributed by atoms with Gasteiger partial charge in [0.15, 0.2) is 0 Å². The van der Waals surface area contributed by atoms with Crippen molar-refractivity contribution in [1.82, 2.24) is 4.31 Å². The number of hydrogen-bond donors (Lipinski definition) is 1. The monoisotopic (exact) mass is 432 g/mol. The van der Waals surface area contributed by atoms with Crippen LogP contribution in [0.2, 0.25) is 0 Å². The highest BCUT2D eigenvalue weighted by molar-refractivity contribution is 9.11. The molecule has 1 aromatic heterocycles. The zero-order valence-corrected chi connectivity index (χ0v) is 15.6. The molecule has 3 rings (SSSR count). The maximum Gasteiger partial charge on any atom is 0.253 e. The summed E-state index contributed by atoms with van der Waals surface area (Å²) >= 11 is 4.36. The highest BCUT2D eigenvalue weighted by Crippen LogP contribution is 2.32. The summed E-state index contributed by atoms with van der Waals surface area (Å²) in [4.78, 5) is 12.5. The lowest BCUT2D eigenvalue weighted by molar-refractivity contribution is -0.119. The van der Waals surface area contributed by atoms with Gasteiger partial charge in [-0.2, -0.15) is 4.31 Å². The number of carbonyl (C=O) groups excluding carboxylic acids is 1. The van der Waals surface area contributed by atoms with E-state index in [0.29, 0.717) is 28.9 Å². The molecule has 0 spiro atoms. The average Bonchev–Trinajstić information content (AvgIpc) is 3.16. The lowest BCUT2D eigenvalue weighted by atomic mass is 10.2. The second-order valence-corrected chi connectivity index (χ2v) is 9.91. The fourth-order valence-electron chi connectivity index (χ4n) is 2.63. The van der Waals surface area contributed by atoms with E-state index in [2.05, 4.69) is 21.2 Å². The first-order chi connectivity index (χ1) is 11.4. The van der Waals surface area contributed by atoms with E-state index < -0.39 is 27.8 Å². The zero-order chi connectivity index (χ0) is 17.3. The van der Waals surface area contributed by atoms with Crippen molar-refractivity contribution < 1.29 is 17.6 Å². The molecule has 0 aliphatic carbocycles. The lowest BCUT2D eigenvalue weighted by Gasteiger charge is -2.22. The predicted octanol–water partition coefficient (Wildman–Crippen LogP) is 3.44. The van der Waals surface area contributed by atoms with Gasteiger partial charge in [-0.25, -0.2) is 12.8 Å². The summed E-state index contributed by atoms with van der Waals surface area (Å²) in [6, 6.07) is 7.90. The number of carbonyl (C=O) groups is 1. The van der Waals surface area contributed by atoms with Crippen molar-refractivity contribution in [3.8, 4) is 0 Å². The summed E-state index contributed by atoms with van der Waals surface area (Å²) in [6.45, 7) is 0.291. The number of benzene rings is 1. The van der Waals surface area contributed by atoms with E-state index in [1.165, 1.54) is 28.6 Å². The van der Waals surface area contributed by atoms with E-state index in [1.807, 2.05) is 0 Å². The lowest BCUT2D eigenvalue weighted by Crippen LogP contribution is -2.42. The average molecular weight is 433 g/mol. The number of amides is 1. The molecule has 5 nitrogen and oxygen atoms in total. The molecule has 1 fully saturated rings. The largest absolute Gasteiger partial charge is 0.325 e. The first kappa shape index (κ1) is 17.5. The molecule has 2 heterocycles. The van der Waals surface area contributed by atoms with Crippen LogP contribution in [0.25, 0.3) is 0 Å². The summed E-state index contributed by atoms with van der Waals surface area (Å²) in [5, 5.41) is 2.59. The van der Waals surface area contributed by atoms with Crippen LogP contribution in [0.15, 0.2) is 44.4 Å². The molecule has 1 aromatic carbocycles. The summed E-state index contributed by atoms with van der Waals surface area (Å²) in [5.74, 6) is -0.913. The van der Waals surface area contributed by atoms with Crippen molar-refractivity contribution >= 4 is 48.9 Å². The van der Waals surface area contributed by atoms with E-state index in [-0.39, 0.29) is 4.21 Å². The maximum absolute atomic E-state index is 13.2. The van der Waals surface area contributed by atoms with Crippen LogP contribution in [-0.2, 0) is 14.8 Å². The number of rotatable bonds is 4. The van der Waals surface area contributed by atoms with Gasteiger partial charge in [-0.1, -0.05) is 6.07 Å². The molecule has 1 amide bonds. The Morgan fingerprint density at radius 2 is 2.12 bits per heavy atom. The van der Waals surface area contributed by atoms with Crippen LogP contribution in [0.1, 0.15) is 12.8 Å². The van der Waals surface area contributed by atoms with Crippen LogP contribution in [0, 0.1) is 5.82 Å². The third-order valence-electron chi connectivity index (χ3n) is 3.71. The van der Waals surface area contributed by atoms with Crippen molar-refractivity contribution in [3.05, 3.63) is 46.0 Å². The number of anilines is 1. The molecule has 9 heteroatoms. The SMILES string of the molecule is O=C(Nc1cccc(F)c1)C1CCCN1S(=O)(=O)c1ccc(Br)s1. The van der Waals surface area contributed by atoms with Crippen LogP contribution in [0.4, 0.5) is 10.1 Å². The van der Waals surface area contributed by atoms with Crippen LogP contribution in [0.5, 0.6) is 0 Å². The van der Waals surface area contributed by atoms with Crippen LogP contribution < -0.4 is 5.32 Å². The van der Waals surface area contributed by atoms with Gasteiger partial charge < -0.3 is 5.32 Å². The van der Waals surface area contributed by atoms with Gasteiger partial charge in [-0.05, 0) is 59.1 Å². The first-order valence-electron chi connectivity index (χ1n) is 7.21. The summed E-state index contributed by atoms with van der Waals surface area (Å²) in [6.07, 6.45) is 1.04. The Labute approximate surface area is 151 Å². The first-order valence-corrected chi connectivity index (χ1v) is 10.3. The molecule has 24 heavy (non-hydrogen) atoms. The Morgan fingerprint density at radius 1 is 1.33 bits per heavy atom. The third kappa shape index (κ3) is 3.53. The fraction of sp³-hybridized carbons (Fsp3) is 0.267. The molecule has 1 aliphatic heterocycles.